The molecular formula is C24H26BF2NO6. The minimum atomic E-state index is -1.54. The molecule has 10 heteroatoms. The summed E-state index contributed by atoms with van der Waals surface area (Å²) in [4.78, 5) is 23.5. The van der Waals surface area contributed by atoms with E-state index in [1.165, 1.54) is 6.08 Å². The summed E-state index contributed by atoms with van der Waals surface area (Å²) < 4.78 is 45.5. The van der Waals surface area contributed by atoms with Crippen LogP contribution in [0.15, 0.2) is 47.9 Å². The van der Waals surface area contributed by atoms with Gasteiger partial charge in [-0.05, 0) is 44.8 Å². The van der Waals surface area contributed by atoms with Gasteiger partial charge in [-0.1, -0.05) is 36.4 Å². The van der Waals surface area contributed by atoms with Crippen molar-refractivity contribution < 1.29 is 37.5 Å². The summed E-state index contributed by atoms with van der Waals surface area (Å²) in [5.74, 6) is -3.70. The summed E-state index contributed by atoms with van der Waals surface area (Å²) in [5.41, 5.74) is -1.23. The van der Waals surface area contributed by atoms with Gasteiger partial charge in [0.25, 0.3) is 0 Å². The summed E-state index contributed by atoms with van der Waals surface area (Å²) in [5, 5.41) is 11.8. The van der Waals surface area contributed by atoms with E-state index in [0.717, 1.165) is 11.6 Å². The van der Waals surface area contributed by atoms with Crippen molar-refractivity contribution in [1.29, 1.82) is 0 Å². The lowest BCUT2D eigenvalue weighted by molar-refractivity contribution is 0.00578. The van der Waals surface area contributed by atoms with Crippen molar-refractivity contribution >= 4 is 25.3 Å². The highest BCUT2D eigenvalue weighted by molar-refractivity contribution is 6.56. The summed E-state index contributed by atoms with van der Waals surface area (Å²) in [6.07, 6.45) is 0.554. The molecule has 1 amide bonds. The number of amides is 1. The standard InChI is InChI=1S/C24H26BF2NO6/c1-23(2)24(3,4)34-25(33-23)17(10-16-11-18(21(29)30)20(27)12-19(16)26)13-28-22(31)32-14-15-8-6-5-7-9-15/h5-12H,13-14H2,1-4H3,(H,28,31)(H,29,30). The summed E-state index contributed by atoms with van der Waals surface area (Å²) in [6.45, 7) is 7.21. The fourth-order valence-electron chi connectivity index (χ4n) is 3.19. The number of alkyl carbamates (subject to hydrolysis) is 1. The first-order chi connectivity index (χ1) is 15.9. The number of carboxylic acid groups (broad SMARTS) is 1. The predicted molar refractivity (Wildman–Crippen MR) is 122 cm³/mol. The van der Waals surface area contributed by atoms with Crippen LogP contribution in [-0.2, 0) is 20.7 Å². The SMILES string of the molecule is CC1(C)OB(C(=Cc2cc(C(=O)O)c(F)cc2F)CNC(=O)OCc2ccccc2)OC1(C)C. The second-order valence-electron chi connectivity index (χ2n) is 8.88. The number of carbonyl (C=O) groups excluding carboxylic acids is 1. The fraction of sp³-hybridized carbons (Fsp3) is 0.333. The highest BCUT2D eigenvalue weighted by atomic mass is 19.1. The molecule has 0 radical (unpaired) electrons. The Morgan fingerprint density at radius 3 is 2.26 bits per heavy atom. The molecule has 0 spiro atoms. The Balaban J connectivity index is 1.84. The molecular weight excluding hydrogens is 447 g/mol. The molecule has 1 saturated heterocycles. The molecule has 1 aliphatic heterocycles. The van der Waals surface area contributed by atoms with E-state index in [-0.39, 0.29) is 24.2 Å². The van der Waals surface area contributed by atoms with E-state index in [2.05, 4.69) is 5.32 Å². The molecule has 0 unspecified atom stereocenters. The van der Waals surface area contributed by atoms with Crippen molar-refractivity contribution in [1.82, 2.24) is 5.32 Å². The minimum absolute atomic E-state index is 0.0524. The van der Waals surface area contributed by atoms with Gasteiger partial charge in [0.1, 0.15) is 18.2 Å². The molecule has 34 heavy (non-hydrogen) atoms. The lowest BCUT2D eigenvalue weighted by Gasteiger charge is -2.32. The predicted octanol–water partition coefficient (Wildman–Crippen LogP) is 4.60. The number of nitrogens with one attached hydrogen (secondary N) is 1. The van der Waals surface area contributed by atoms with E-state index < -0.39 is 47.6 Å². The lowest BCUT2D eigenvalue weighted by atomic mass is 9.77. The number of hydrogen-bond acceptors (Lipinski definition) is 5. The zero-order chi connectivity index (χ0) is 25.1. The van der Waals surface area contributed by atoms with Crippen LogP contribution in [0.3, 0.4) is 0 Å². The fourth-order valence-corrected chi connectivity index (χ4v) is 3.19. The molecule has 7 nitrogen and oxygen atoms in total. The number of rotatable bonds is 7. The molecule has 1 heterocycles. The van der Waals surface area contributed by atoms with Crippen molar-refractivity contribution in [2.75, 3.05) is 6.54 Å². The maximum atomic E-state index is 14.5. The van der Waals surface area contributed by atoms with Gasteiger partial charge in [-0.2, -0.15) is 0 Å². The van der Waals surface area contributed by atoms with Gasteiger partial charge in [0, 0.05) is 18.2 Å². The van der Waals surface area contributed by atoms with Gasteiger partial charge in [-0.3, -0.25) is 0 Å². The third kappa shape index (κ3) is 5.81. The number of hydrogen-bond donors (Lipinski definition) is 2. The van der Waals surface area contributed by atoms with Gasteiger partial charge in [0.15, 0.2) is 0 Å². The Bertz CT molecular complexity index is 1090. The van der Waals surface area contributed by atoms with Crippen LogP contribution in [0, 0.1) is 11.6 Å². The van der Waals surface area contributed by atoms with Crippen LogP contribution in [0.25, 0.3) is 6.08 Å². The van der Waals surface area contributed by atoms with E-state index in [9.17, 15) is 23.5 Å². The Kier molecular flexibility index (Phi) is 7.43. The molecule has 0 aromatic heterocycles. The van der Waals surface area contributed by atoms with Crippen LogP contribution in [-0.4, -0.2) is 42.0 Å². The van der Waals surface area contributed by atoms with E-state index >= 15 is 0 Å². The molecule has 0 atom stereocenters. The molecule has 1 fully saturated rings. The molecule has 0 saturated carbocycles. The first-order valence-electron chi connectivity index (χ1n) is 10.6. The van der Waals surface area contributed by atoms with Gasteiger partial charge in [-0.15, -0.1) is 0 Å². The second-order valence-corrected chi connectivity index (χ2v) is 8.88. The Labute approximate surface area is 196 Å². The van der Waals surface area contributed by atoms with Crippen molar-refractivity contribution in [3.8, 4) is 0 Å². The van der Waals surface area contributed by atoms with Crippen LogP contribution in [0.4, 0.5) is 13.6 Å². The van der Waals surface area contributed by atoms with Gasteiger partial charge >= 0.3 is 19.2 Å². The highest BCUT2D eigenvalue weighted by Gasteiger charge is 2.52. The number of ether oxygens (including phenoxy) is 1. The zero-order valence-corrected chi connectivity index (χ0v) is 19.4. The minimum Gasteiger partial charge on any atom is -0.478 e. The van der Waals surface area contributed by atoms with Gasteiger partial charge < -0.3 is 24.5 Å². The van der Waals surface area contributed by atoms with Gasteiger partial charge in [-0.25, -0.2) is 18.4 Å². The van der Waals surface area contributed by atoms with Gasteiger partial charge in [0.2, 0.25) is 0 Å². The number of carbonyl (C=O) groups is 2. The maximum absolute atomic E-state index is 14.5. The molecule has 2 N–H and O–H groups in total. The van der Waals surface area contributed by atoms with E-state index in [1.807, 2.05) is 45.9 Å². The maximum Gasteiger partial charge on any atom is 0.492 e. The number of halogens is 2. The Morgan fingerprint density at radius 2 is 1.68 bits per heavy atom. The zero-order valence-electron chi connectivity index (χ0n) is 19.4. The number of carboxylic acids is 1. The van der Waals surface area contributed by atoms with Crippen LogP contribution in [0.2, 0.25) is 0 Å². The summed E-state index contributed by atoms with van der Waals surface area (Å²) in [7, 11) is -0.975. The molecule has 0 bridgehead atoms. The lowest BCUT2D eigenvalue weighted by Crippen LogP contribution is -2.41. The largest absolute Gasteiger partial charge is 0.492 e. The smallest absolute Gasteiger partial charge is 0.478 e. The molecule has 0 aliphatic carbocycles. The molecule has 1 aliphatic rings. The first-order valence-corrected chi connectivity index (χ1v) is 10.6. The third-order valence-electron chi connectivity index (χ3n) is 5.86. The van der Waals surface area contributed by atoms with E-state index in [4.69, 9.17) is 14.0 Å². The Hall–Kier alpha value is -3.24. The van der Waals surface area contributed by atoms with Gasteiger partial charge in [0.05, 0.1) is 16.8 Å². The van der Waals surface area contributed by atoms with Crippen molar-refractivity contribution in [2.24, 2.45) is 0 Å². The monoisotopic (exact) mass is 473 g/mol. The number of benzene rings is 2. The van der Waals surface area contributed by atoms with E-state index in [1.54, 1.807) is 12.1 Å². The second kappa shape index (κ2) is 9.94. The molecule has 2 aromatic carbocycles. The van der Waals surface area contributed by atoms with Crippen molar-refractivity contribution in [3.05, 3.63) is 76.3 Å². The quantitative estimate of drug-likeness (QED) is 0.571. The summed E-state index contributed by atoms with van der Waals surface area (Å²) in [6, 6.07) is 10.5. The van der Waals surface area contributed by atoms with Crippen LogP contribution in [0.5, 0.6) is 0 Å². The van der Waals surface area contributed by atoms with Crippen molar-refractivity contribution in [3.63, 3.8) is 0 Å². The number of aromatic carboxylic acids is 1. The average molecular weight is 473 g/mol. The average Bonchev–Trinajstić information content (AvgIpc) is 2.98. The van der Waals surface area contributed by atoms with Crippen LogP contribution in [0.1, 0.15) is 49.2 Å². The molecule has 3 rings (SSSR count). The van der Waals surface area contributed by atoms with Crippen LogP contribution < -0.4 is 5.32 Å². The van der Waals surface area contributed by atoms with Crippen LogP contribution >= 0.6 is 0 Å². The van der Waals surface area contributed by atoms with Crippen molar-refractivity contribution in [2.45, 2.75) is 45.5 Å². The Morgan fingerprint density at radius 1 is 1.06 bits per heavy atom. The van der Waals surface area contributed by atoms with E-state index in [0.29, 0.717) is 6.07 Å². The topological polar surface area (TPSA) is 94.1 Å². The molecule has 2 aromatic rings. The normalized spacial score (nSPS) is 16.9. The third-order valence-corrected chi connectivity index (χ3v) is 5.86. The molecule has 180 valence electrons. The highest BCUT2D eigenvalue weighted by Crippen LogP contribution is 2.39. The summed E-state index contributed by atoms with van der Waals surface area (Å²) >= 11 is 0. The first kappa shape index (κ1) is 25.4.